The second-order valence-corrected chi connectivity index (χ2v) is 7.74. The van der Waals surface area contributed by atoms with Crippen molar-refractivity contribution in [2.24, 2.45) is 5.73 Å². The van der Waals surface area contributed by atoms with Crippen LogP contribution in [0.1, 0.15) is 46.2 Å². The van der Waals surface area contributed by atoms with Gasteiger partial charge in [0.2, 0.25) is 5.91 Å². The number of rotatable bonds is 4. The van der Waals surface area contributed by atoms with E-state index in [0.717, 1.165) is 35.1 Å². The van der Waals surface area contributed by atoms with Crippen molar-refractivity contribution in [3.8, 4) is 0 Å². The van der Waals surface area contributed by atoms with Crippen molar-refractivity contribution in [3.63, 3.8) is 0 Å². The van der Waals surface area contributed by atoms with Crippen LogP contribution >= 0.6 is 0 Å². The lowest BCUT2D eigenvalue weighted by Crippen LogP contribution is -2.41. The highest BCUT2D eigenvalue weighted by Crippen LogP contribution is 2.30. The van der Waals surface area contributed by atoms with E-state index in [9.17, 15) is 9.59 Å². The van der Waals surface area contributed by atoms with Gasteiger partial charge in [0, 0.05) is 30.1 Å². The lowest BCUT2D eigenvalue weighted by molar-refractivity contribution is -0.133. The van der Waals surface area contributed by atoms with E-state index in [1.54, 1.807) is 4.68 Å². The van der Waals surface area contributed by atoms with Gasteiger partial charge in [0.05, 0.1) is 22.5 Å². The van der Waals surface area contributed by atoms with Gasteiger partial charge in [0.1, 0.15) is 6.54 Å². The van der Waals surface area contributed by atoms with Crippen molar-refractivity contribution >= 4 is 22.7 Å². The predicted molar refractivity (Wildman–Crippen MR) is 111 cm³/mol. The molecule has 7 nitrogen and oxygen atoms in total. The third-order valence-corrected chi connectivity index (χ3v) is 5.57. The van der Waals surface area contributed by atoms with Crippen LogP contribution in [0.2, 0.25) is 0 Å². The van der Waals surface area contributed by atoms with Gasteiger partial charge < -0.3 is 10.6 Å². The van der Waals surface area contributed by atoms with Crippen molar-refractivity contribution in [1.82, 2.24) is 19.7 Å². The number of para-hydroxylation sites is 1. The molecule has 7 heteroatoms. The Kier molecular flexibility index (Phi) is 5.05. The second kappa shape index (κ2) is 7.66. The SMILES string of the molecule is Cc1cc(C)n(CC(=O)N2CCC[C@H](c3nc4ccccc4cc3C(N)=O)C2)n1. The molecule has 29 heavy (non-hydrogen) atoms. The number of hydrogen-bond donors (Lipinski definition) is 1. The number of nitrogens with zero attached hydrogens (tertiary/aromatic N) is 4. The first-order valence-electron chi connectivity index (χ1n) is 9.90. The molecular weight excluding hydrogens is 366 g/mol. The Labute approximate surface area is 169 Å². The highest BCUT2D eigenvalue weighted by atomic mass is 16.2. The molecule has 1 aliphatic heterocycles. The maximum atomic E-state index is 12.9. The molecule has 0 saturated carbocycles. The van der Waals surface area contributed by atoms with Gasteiger partial charge in [-0.15, -0.1) is 0 Å². The van der Waals surface area contributed by atoms with Crippen molar-refractivity contribution in [1.29, 1.82) is 0 Å². The number of likely N-dealkylation sites (tertiary alicyclic amines) is 1. The zero-order valence-corrected chi connectivity index (χ0v) is 16.8. The average Bonchev–Trinajstić information content (AvgIpc) is 3.03. The van der Waals surface area contributed by atoms with Gasteiger partial charge >= 0.3 is 0 Å². The molecule has 0 unspecified atom stereocenters. The minimum absolute atomic E-state index is 0.0136. The van der Waals surface area contributed by atoms with Crippen molar-refractivity contribution < 1.29 is 9.59 Å². The van der Waals surface area contributed by atoms with E-state index >= 15 is 0 Å². The number of nitrogens with two attached hydrogens (primary N) is 1. The number of amides is 2. The smallest absolute Gasteiger partial charge is 0.250 e. The lowest BCUT2D eigenvalue weighted by atomic mass is 9.90. The molecule has 1 saturated heterocycles. The molecule has 1 aromatic carbocycles. The van der Waals surface area contributed by atoms with Gasteiger partial charge in [-0.1, -0.05) is 18.2 Å². The number of pyridine rings is 1. The van der Waals surface area contributed by atoms with Crippen molar-refractivity contribution in [2.45, 2.75) is 39.2 Å². The highest BCUT2D eigenvalue weighted by Gasteiger charge is 2.29. The molecule has 0 radical (unpaired) electrons. The summed E-state index contributed by atoms with van der Waals surface area (Å²) < 4.78 is 1.74. The van der Waals surface area contributed by atoms with Gasteiger partial charge in [-0.2, -0.15) is 5.10 Å². The fraction of sp³-hybridized carbons (Fsp3) is 0.364. The van der Waals surface area contributed by atoms with Crippen LogP contribution in [0.5, 0.6) is 0 Å². The number of aromatic nitrogens is 3. The molecule has 0 bridgehead atoms. The summed E-state index contributed by atoms with van der Waals surface area (Å²) in [5.74, 6) is -0.466. The molecule has 2 amide bonds. The molecule has 150 valence electrons. The number of hydrogen-bond acceptors (Lipinski definition) is 4. The quantitative estimate of drug-likeness (QED) is 0.739. The summed E-state index contributed by atoms with van der Waals surface area (Å²) in [7, 11) is 0. The van der Waals surface area contributed by atoms with Crippen LogP contribution in [0.4, 0.5) is 0 Å². The third kappa shape index (κ3) is 3.85. The molecule has 2 N–H and O–H groups in total. The maximum Gasteiger partial charge on any atom is 0.250 e. The van der Waals surface area contributed by atoms with Gasteiger partial charge in [0.25, 0.3) is 5.91 Å². The van der Waals surface area contributed by atoms with Crippen molar-refractivity contribution in [3.05, 3.63) is 59.0 Å². The van der Waals surface area contributed by atoms with E-state index in [2.05, 4.69) is 5.10 Å². The second-order valence-electron chi connectivity index (χ2n) is 7.74. The van der Waals surface area contributed by atoms with Crippen LogP contribution in [-0.2, 0) is 11.3 Å². The molecule has 2 aromatic heterocycles. The highest BCUT2D eigenvalue weighted by molar-refractivity contribution is 5.97. The molecule has 1 atom stereocenters. The molecule has 4 rings (SSSR count). The van der Waals surface area contributed by atoms with Crippen LogP contribution in [0, 0.1) is 13.8 Å². The van der Waals surface area contributed by atoms with Gasteiger partial charge in [-0.05, 0) is 44.9 Å². The topological polar surface area (TPSA) is 94.1 Å². The van der Waals surface area contributed by atoms with E-state index in [-0.39, 0.29) is 18.4 Å². The van der Waals surface area contributed by atoms with Crippen molar-refractivity contribution in [2.75, 3.05) is 13.1 Å². The Hall–Kier alpha value is -3.22. The average molecular weight is 391 g/mol. The zero-order chi connectivity index (χ0) is 20.5. The lowest BCUT2D eigenvalue weighted by Gasteiger charge is -2.33. The largest absolute Gasteiger partial charge is 0.366 e. The monoisotopic (exact) mass is 391 g/mol. The summed E-state index contributed by atoms with van der Waals surface area (Å²) in [5.41, 5.74) is 9.50. The number of primary amides is 1. The first-order chi connectivity index (χ1) is 13.9. The summed E-state index contributed by atoms with van der Waals surface area (Å²) in [6.07, 6.45) is 1.73. The summed E-state index contributed by atoms with van der Waals surface area (Å²) >= 11 is 0. The third-order valence-electron chi connectivity index (χ3n) is 5.57. The maximum absolute atomic E-state index is 12.9. The van der Waals surface area contributed by atoms with E-state index in [4.69, 9.17) is 10.7 Å². The summed E-state index contributed by atoms with van der Waals surface area (Å²) in [5, 5.41) is 5.28. The minimum atomic E-state index is -0.482. The number of benzene rings is 1. The number of carbonyl (C=O) groups is 2. The van der Waals surface area contributed by atoms with Crippen LogP contribution in [0.3, 0.4) is 0 Å². The van der Waals surface area contributed by atoms with Crippen LogP contribution in [0.15, 0.2) is 36.4 Å². The molecule has 1 aliphatic rings. The van der Waals surface area contributed by atoms with E-state index in [1.807, 2.05) is 55.1 Å². The number of aryl methyl sites for hydroxylation is 2. The Morgan fingerprint density at radius 3 is 2.72 bits per heavy atom. The van der Waals surface area contributed by atoms with Gasteiger partial charge in [-0.3, -0.25) is 19.3 Å². The fourth-order valence-electron chi connectivity index (χ4n) is 4.13. The van der Waals surface area contributed by atoms with Crippen LogP contribution in [0.25, 0.3) is 10.9 Å². The standard InChI is InChI=1S/C22H25N5O2/c1-14-10-15(2)27(25-14)13-20(28)26-9-5-7-17(12-26)21-18(22(23)29)11-16-6-3-4-8-19(16)24-21/h3-4,6,8,10-11,17H,5,7,9,12-13H2,1-2H3,(H2,23,29)/t17-/m0/s1. The van der Waals surface area contributed by atoms with Gasteiger partial charge in [0.15, 0.2) is 0 Å². The van der Waals surface area contributed by atoms with E-state index in [1.165, 1.54) is 0 Å². The predicted octanol–water partition coefficient (Wildman–Crippen LogP) is 2.55. The number of carbonyl (C=O) groups excluding carboxylic acids is 2. The summed E-state index contributed by atoms with van der Waals surface area (Å²) in [6.45, 7) is 5.32. The Balaban J connectivity index is 1.59. The number of piperidine rings is 1. The zero-order valence-electron chi connectivity index (χ0n) is 16.8. The molecule has 1 fully saturated rings. The molecule has 3 aromatic rings. The Morgan fingerprint density at radius 2 is 2.00 bits per heavy atom. The summed E-state index contributed by atoms with van der Waals surface area (Å²) in [4.78, 5) is 31.6. The Bertz CT molecular complexity index is 1090. The first kappa shape index (κ1) is 19.1. The normalized spacial score (nSPS) is 16.9. The molecular formula is C22H25N5O2. The first-order valence-corrected chi connectivity index (χ1v) is 9.90. The molecule has 0 spiro atoms. The Morgan fingerprint density at radius 1 is 1.21 bits per heavy atom. The molecule has 0 aliphatic carbocycles. The van der Waals surface area contributed by atoms with Gasteiger partial charge in [-0.25, -0.2) is 0 Å². The van der Waals surface area contributed by atoms with E-state index in [0.29, 0.717) is 24.3 Å². The van der Waals surface area contributed by atoms with Crippen LogP contribution in [-0.4, -0.2) is 44.6 Å². The summed E-state index contributed by atoms with van der Waals surface area (Å²) in [6, 6.07) is 11.5. The minimum Gasteiger partial charge on any atom is -0.366 e. The fourth-order valence-corrected chi connectivity index (χ4v) is 4.13. The van der Waals surface area contributed by atoms with E-state index < -0.39 is 5.91 Å². The molecule has 3 heterocycles. The number of fused-ring (bicyclic) bond motifs is 1. The van der Waals surface area contributed by atoms with Crippen LogP contribution < -0.4 is 5.73 Å².